The van der Waals surface area contributed by atoms with Crippen molar-refractivity contribution in [3.05, 3.63) is 24.0 Å². The zero-order valence-corrected chi connectivity index (χ0v) is 12.8. The van der Waals surface area contributed by atoms with E-state index in [-0.39, 0.29) is 11.6 Å². The molecule has 0 aliphatic heterocycles. The maximum atomic E-state index is 13.0. The molecule has 0 heterocycles. The molecule has 0 spiro atoms. The molecule has 0 fully saturated rings. The lowest BCUT2D eigenvalue weighted by atomic mass is 10.2. The van der Waals surface area contributed by atoms with Crippen LogP contribution in [0.4, 0.5) is 15.8 Å². The molecule has 1 aromatic rings. The molecular weight excluding hydrogens is 271 g/mol. The van der Waals surface area contributed by atoms with Crippen LogP contribution in [0.25, 0.3) is 0 Å². The normalized spacial score (nSPS) is 12.1. The van der Waals surface area contributed by atoms with Crippen LogP contribution in [0.1, 0.15) is 46.0 Å². The van der Waals surface area contributed by atoms with E-state index in [2.05, 4.69) is 12.2 Å². The second-order valence-corrected chi connectivity index (χ2v) is 5.15. The van der Waals surface area contributed by atoms with Gasteiger partial charge in [0.05, 0.1) is 5.69 Å². The minimum Gasteiger partial charge on any atom is -0.396 e. The molecule has 0 saturated heterocycles. The number of carbonyl (C=O) groups excluding carboxylic acids is 1. The third-order valence-electron chi connectivity index (χ3n) is 3.25. The van der Waals surface area contributed by atoms with Gasteiger partial charge in [0.25, 0.3) is 5.91 Å². The van der Waals surface area contributed by atoms with E-state index in [0.29, 0.717) is 12.3 Å². The molecule has 1 amide bonds. The van der Waals surface area contributed by atoms with Crippen LogP contribution in [0.5, 0.6) is 0 Å². The summed E-state index contributed by atoms with van der Waals surface area (Å²) < 4.78 is 18.5. The van der Waals surface area contributed by atoms with Crippen molar-refractivity contribution >= 4 is 17.3 Å². The molecule has 0 aromatic heterocycles. The van der Waals surface area contributed by atoms with Gasteiger partial charge >= 0.3 is 0 Å². The second kappa shape index (κ2) is 9.34. The van der Waals surface area contributed by atoms with E-state index in [1.807, 2.05) is 0 Å². The Morgan fingerprint density at radius 3 is 2.71 bits per heavy atom. The van der Waals surface area contributed by atoms with E-state index in [0.717, 1.165) is 12.8 Å². The Hall–Kier alpha value is -1.62. The van der Waals surface area contributed by atoms with Gasteiger partial charge < -0.3 is 15.8 Å². The number of nitrogens with one attached hydrogen (secondary N) is 1. The van der Waals surface area contributed by atoms with Crippen molar-refractivity contribution in [2.45, 2.75) is 52.1 Å². The number of rotatable bonds is 9. The Kier molecular flexibility index (Phi) is 7.75. The summed E-state index contributed by atoms with van der Waals surface area (Å²) in [6.45, 7) is 4.45. The van der Waals surface area contributed by atoms with Gasteiger partial charge in [0, 0.05) is 12.3 Å². The summed E-state index contributed by atoms with van der Waals surface area (Å²) in [5.41, 5.74) is 5.93. The number of hydrogen-bond donors (Lipinski definition) is 2. The molecule has 0 radical (unpaired) electrons. The molecule has 0 bridgehead atoms. The monoisotopic (exact) mass is 296 g/mol. The minimum atomic E-state index is -0.539. The summed E-state index contributed by atoms with van der Waals surface area (Å²) in [4.78, 5) is 11.9. The van der Waals surface area contributed by atoms with Crippen LogP contribution < -0.4 is 11.1 Å². The van der Waals surface area contributed by atoms with Gasteiger partial charge in [-0.3, -0.25) is 4.79 Å². The van der Waals surface area contributed by atoms with Gasteiger partial charge in [-0.05, 0) is 31.5 Å². The molecule has 4 nitrogen and oxygen atoms in total. The van der Waals surface area contributed by atoms with Gasteiger partial charge in [0.2, 0.25) is 0 Å². The summed E-state index contributed by atoms with van der Waals surface area (Å²) in [5, 5.41) is 2.66. The lowest BCUT2D eigenvalue weighted by Crippen LogP contribution is -2.28. The Morgan fingerprint density at radius 2 is 2.05 bits per heavy atom. The Labute approximate surface area is 125 Å². The molecule has 1 unspecified atom stereocenters. The number of benzene rings is 1. The first kappa shape index (κ1) is 17.4. The number of unbranched alkanes of at least 4 members (excludes halogenated alkanes) is 4. The number of anilines is 2. The third-order valence-corrected chi connectivity index (χ3v) is 3.25. The standard InChI is InChI=1S/C16H25FN2O2/c1-3-4-5-6-7-10-21-12(2)16(20)19-13-8-9-14(17)15(18)11-13/h8-9,11-12H,3-7,10,18H2,1-2H3,(H,19,20). The predicted molar refractivity (Wildman–Crippen MR) is 83.6 cm³/mol. The van der Waals surface area contributed by atoms with Gasteiger partial charge in [-0.25, -0.2) is 4.39 Å². The fourth-order valence-electron chi connectivity index (χ4n) is 1.91. The van der Waals surface area contributed by atoms with Crippen LogP contribution in [0.2, 0.25) is 0 Å². The molecule has 0 saturated carbocycles. The molecular formula is C16H25FN2O2. The highest BCUT2D eigenvalue weighted by Gasteiger charge is 2.13. The van der Waals surface area contributed by atoms with Crippen LogP contribution in [0, 0.1) is 5.82 Å². The number of halogens is 1. The van der Waals surface area contributed by atoms with E-state index in [9.17, 15) is 9.18 Å². The lowest BCUT2D eigenvalue weighted by Gasteiger charge is -2.13. The van der Waals surface area contributed by atoms with Crippen molar-refractivity contribution < 1.29 is 13.9 Å². The first-order valence-corrected chi connectivity index (χ1v) is 7.52. The van der Waals surface area contributed by atoms with Crippen molar-refractivity contribution in [1.29, 1.82) is 0 Å². The summed E-state index contributed by atoms with van der Waals surface area (Å²) in [5.74, 6) is -0.751. The molecule has 1 aromatic carbocycles. The molecule has 118 valence electrons. The van der Waals surface area contributed by atoms with Crippen molar-refractivity contribution in [1.82, 2.24) is 0 Å². The predicted octanol–water partition coefficient (Wildman–Crippen LogP) is 3.72. The molecule has 1 rings (SSSR count). The fourth-order valence-corrected chi connectivity index (χ4v) is 1.91. The Bertz CT molecular complexity index is 452. The summed E-state index contributed by atoms with van der Waals surface area (Å²) in [6, 6.07) is 4.09. The molecule has 0 aliphatic rings. The minimum absolute atomic E-state index is 0.0114. The van der Waals surface area contributed by atoms with E-state index >= 15 is 0 Å². The topological polar surface area (TPSA) is 64.3 Å². The SMILES string of the molecule is CCCCCCCOC(C)C(=O)Nc1ccc(F)c(N)c1. The van der Waals surface area contributed by atoms with Crippen molar-refractivity contribution in [2.75, 3.05) is 17.7 Å². The lowest BCUT2D eigenvalue weighted by molar-refractivity contribution is -0.126. The van der Waals surface area contributed by atoms with Crippen LogP contribution in [0.3, 0.4) is 0 Å². The van der Waals surface area contributed by atoms with E-state index in [4.69, 9.17) is 10.5 Å². The van der Waals surface area contributed by atoms with Gasteiger partial charge in [0.15, 0.2) is 0 Å². The zero-order valence-electron chi connectivity index (χ0n) is 12.8. The van der Waals surface area contributed by atoms with Gasteiger partial charge in [-0.1, -0.05) is 32.6 Å². The fraction of sp³-hybridized carbons (Fsp3) is 0.562. The Balaban J connectivity index is 2.29. The molecule has 5 heteroatoms. The van der Waals surface area contributed by atoms with Gasteiger partial charge in [-0.15, -0.1) is 0 Å². The van der Waals surface area contributed by atoms with Crippen LogP contribution in [-0.2, 0) is 9.53 Å². The highest BCUT2D eigenvalue weighted by Crippen LogP contribution is 2.16. The average Bonchev–Trinajstić information content (AvgIpc) is 2.46. The number of amides is 1. The number of hydrogen-bond acceptors (Lipinski definition) is 3. The zero-order chi connectivity index (χ0) is 15.7. The molecule has 21 heavy (non-hydrogen) atoms. The highest BCUT2D eigenvalue weighted by molar-refractivity contribution is 5.94. The second-order valence-electron chi connectivity index (χ2n) is 5.15. The third kappa shape index (κ3) is 6.58. The highest BCUT2D eigenvalue weighted by atomic mass is 19.1. The maximum Gasteiger partial charge on any atom is 0.253 e. The van der Waals surface area contributed by atoms with Crippen molar-refractivity contribution in [3.8, 4) is 0 Å². The van der Waals surface area contributed by atoms with Crippen molar-refractivity contribution in [3.63, 3.8) is 0 Å². The van der Waals surface area contributed by atoms with E-state index in [1.54, 1.807) is 6.92 Å². The molecule has 1 atom stereocenters. The number of nitrogen functional groups attached to an aromatic ring is 1. The van der Waals surface area contributed by atoms with Gasteiger partial charge in [-0.2, -0.15) is 0 Å². The summed E-state index contributed by atoms with van der Waals surface area (Å²) in [7, 11) is 0. The van der Waals surface area contributed by atoms with Crippen LogP contribution >= 0.6 is 0 Å². The smallest absolute Gasteiger partial charge is 0.253 e. The summed E-state index contributed by atoms with van der Waals surface area (Å²) in [6.07, 6.45) is 5.19. The first-order valence-electron chi connectivity index (χ1n) is 7.52. The number of ether oxygens (including phenoxy) is 1. The Morgan fingerprint density at radius 1 is 1.33 bits per heavy atom. The van der Waals surface area contributed by atoms with E-state index in [1.165, 1.54) is 37.5 Å². The maximum absolute atomic E-state index is 13.0. The average molecular weight is 296 g/mol. The number of carbonyl (C=O) groups is 1. The van der Waals surface area contributed by atoms with Crippen LogP contribution in [0.15, 0.2) is 18.2 Å². The molecule has 3 N–H and O–H groups in total. The van der Waals surface area contributed by atoms with Crippen LogP contribution in [-0.4, -0.2) is 18.6 Å². The van der Waals surface area contributed by atoms with Gasteiger partial charge in [0.1, 0.15) is 11.9 Å². The molecule has 0 aliphatic carbocycles. The number of nitrogens with two attached hydrogens (primary N) is 1. The largest absolute Gasteiger partial charge is 0.396 e. The van der Waals surface area contributed by atoms with Crippen molar-refractivity contribution in [2.24, 2.45) is 0 Å². The quantitative estimate of drug-likeness (QED) is 0.539. The summed E-state index contributed by atoms with van der Waals surface area (Å²) >= 11 is 0. The first-order chi connectivity index (χ1) is 10.0. The van der Waals surface area contributed by atoms with E-state index < -0.39 is 11.9 Å².